The smallest absolute Gasteiger partial charge is 0.321 e. The molecule has 0 bridgehead atoms. The molecule has 0 saturated carbocycles. The highest BCUT2D eigenvalue weighted by atomic mass is 16.2. The van der Waals surface area contributed by atoms with Gasteiger partial charge >= 0.3 is 6.03 Å². The van der Waals surface area contributed by atoms with E-state index in [0.29, 0.717) is 0 Å². The number of para-hydroxylation sites is 2. The lowest BCUT2D eigenvalue weighted by Crippen LogP contribution is -2.52. The molecule has 0 N–H and O–H groups in total. The van der Waals surface area contributed by atoms with Gasteiger partial charge in [0.1, 0.15) is 0 Å². The van der Waals surface area contributed by atoms with Gasteiger partial charge in [-0.25, -0.2) is 4.79 Å². The van der Waals surface area contributed by atoms with Crippen LogP contribution in [0.5, 0.6) is 0 Å². The van der Waals surface area contributed by atoms with Gasteiger partial charge in [0.25, 0.3) is 0 Å². The summed E-state index contributed by atoms with van der Waals surface area (Å²) in [4.78, 5) is 19.6. The first kappa shape index (κ1) is 15.2. The maximum atomic E-state index is 13.3. The van der Waals surface area contributed by atoms with Crippen LogP contribution in [-0.4, -0.2) is 48.6 Å². The third kappa shape index (κ3) is 2.57. The van der Waals surface area contributed by atoms with Gasteiger partial charge in [-0.05, 0) is 29.8 Å². The Bertz CT molecular complexity index is 705. The van der Waals surface area contributed by atoms with Crippen molar-refractivity contribution in [3.8, 4) is 0 Å². The molecular weight excluding hydrogens is 298 g/mol. The molecular formula is C20H23N3O. The first-order valence-electron chi connectivity index (χ1n) is 8.75. The Balaban J connectivity index is 1.68. The lowest BCUT2D eigenvalue weighted by Gasteiger charge is -2.39. The molecule has 124 valence electrons. The van der Waals surface area contributed by atoms with Crippen LogP contribution in [0, 0.1) is 0 Å². The third-order valence-electron chi connectivity index (χ3n) is 5.13. The molecule has 24 heavy (non-hydrogen) atoms. The Labute approximate surface area is 143 Å². The molecule has 4 heteroatoms. The van der Waals surface area contributed by atoms with Gasteiger partial charge in [-0.3, -0.25) is 4.90 Å². The monoisotopic (exact) mass is 321 g/mol. The lowest BCUT2D eigenvalue weighted by atomic mass is 9.96. The number of hydrogen-bond acceptors (Lipinski definition) is 2. The minimum atomic E-state index is 0.102. The van der Waals surface area contributed by atoms with E-state index in [1.54, 1.807) is 0 Å². The Kier molecular flexibility index (Phi) is 3.98. The van der Waals surface area contributed by atoms with E-state index < -0.39 is 0 Å². The van der Waals surface area contributed by atoms with E-state index in [-0.39, 0.29) is 6.03 Å². The van der Waals surface area contributed by atoms with E-state index in [1.165, 1.54) is 11.1 Å². The highest BCUT2D eigenvalue weighted by Gasteiger charge is 2.31. The van der Waals surface area contributed by atoms with Crippen LogP contribution in [0.2, 0.25) is 0 Å². The number of anilines is 2. The first-order chi connectivity index (χ1) is 11.8. The van der Waals surface area contributed by atoms with Crippen molar-refractivity contribution in [3.05, 3.63) is 59.7 Å². The quantitative estimate of drug-likeness (QED) is 0.804. The van der Waals surface area contributed by atoms with Crippen molar-refractivity contribution in [2.45, 2.75) is 13.3 Å². The van der Waals surface area contributed by atoms with Crippen molar-refractivity contribution < 1.29 is 4.79 Å². The molecule has 1 saturated heterocycles. The van der Waals surface area contributed by atoms with Crippen molar-refractivity contribution in [2.24, 2.45) is 0 Å². The average Bonchev–Trinajstić information content (AvgIpc) is 2.65. The highest BCUT2D eigenvalue weighted by molar-refractivity contribution is 6.02. The zero-order valence-electron chi connectivity index (χ0n) is 14.1. The zero-order chi connectivity index (χ0) is 16.5. The van der Waals surface area contributed by atoms with Crippen molar-refractivity contribution in [3.63, 3.8) is 0 Å². The molecule has 2 aliphatic rings. The highest BCUT2D eigenvalue weighted by Crippen LogP contribution is 2.39. The SMILES string of the molecule is CCN1CCN(C(=O)N2c3ccccc3Cc3ccccc32)CC1. The fourth-order valence-electron chi connectivity index (χ4n) is 3.69. The minimum absolute atomic E-state index is 0.102. The number of carbonyl (C=O) groups excluding carboxylic acids is 1. The second kappa shape index (κ2) is 6.29. The molecule has 2 amide bonds. The summed E-state index contributed by atoms with van der Waals surface area (Å²) in [6.45, 7) is 6.74. The van der Waals surface area contributed by atoms with Gasteiger partial charge in [0.15, 0.2) is 0 Å². The standard InChI is InChI=1S/C20H23N3O/c1-2-21-11-13-22(14-12-21)20(24)23-18-9-5-3-7-16(18)15-17-8-4-6-10-19(17)23/h3-10H,2,11-15H2,1H3. The Hall–Kier alpha value is -2.33. The van der Waals surface area contributed by atoms with E-state index in [4.69, 9.17) is 0 Å². The van der Waals surface area contributed by atoms with Crippen LogP contribution in [0.25, 0.3) is 0 Å². The normalized spacial score (nSPS) is 17.4. The summed E-state index contributed by atoms with van der Waals surface area (Å²) in [5, 5.41) is 0. The summed E-state index contributed by atoms with van der Waals surface area (Å²) in [6, 6.07) is 16.6. The van der Waals surface area contributed by atoms with Crippen LogP contribution in [0.1, 0.15) is 18.1 Å². The number of amides is 2. The van der Waals surface area contributed by atoms with Crippen LogP contribution in [0.15, 0.2) is 48.5 Å². The number of likely N-dealkylation sites (N-methyl/N-ethyl adjacent to an activating group) is 1. The predicted octanol–water partition coefficient (Wildman–Crippen LogP) is 3.49. The zero-order valence-corrected chi connectivity index (χ0v) is 14.1. The molecule has 0 spiro atoms. The summed E-state index contributed by atoms with van der Waals surface area (Å²) in [6.07, 6.45) is 0.889. The van der Waals surface area contributed by atoms with Crippen LogP contribution in [0.4, 0.5) is 16.2 Å². The summed E-state index contributed by atoms with van der Waals surface area (Å²) in [5.74, 6) is 0. The third-order valence-corrected chi connectivity index (χ3v) is 5.13. The molecule has 2 aliphatic heterocycles. The van der Waals surface area contributed by atoms with E-state index in [1.807, 2.05) is 21.9 Å². The Morgan fingerprint density at radius 2 is 1.42 bits per heavy atom. The molecule has 1 fully saturated rings. The summed E-state index contributed by atoms with van der Waals surface area (Å²) in [7, 11) is 0. The Morgan fingerprint density at radius 3 is 1.96 bits per heavy atom. The van der Waals surface area contributed by atoms with Gasteiger partial charge in [0.2, 0.25) is 0 Å². The van der Waals surface area contributed by atoms with E-state index in [2.05, 4.69) is 48.2 Å². The Morgan fingerprint density at radius 1 is 0.875 bits per heavy atom. The van der Waals surface area contributed by atoms with Crippen LogP contribution in [0.3, 0.4) is 0 Å². The number of nitrogens with zero attached hydrogens (tertiary/aromatic N) is 3. The number of rotatable bonds is 1. The van der Waals surface area contributed by atoms with Crippen molar-refractivity contribution >= 4 is 17.4 Å². The van der Waals surface area contributed by atoms with Gasteiger partial charge in [0, 0.05) is 32.6 Å². The lowest BCUT2D eigenvalue weighted by molar-refractivity contribution is 0.148. The number of fused-ring (bicyclic) bond motifs is 2. The maximum Gasteiger partial charge on any atom is 0.329 e. The molecule has 2 aromatic carbocycles. The maximum absolute atomic E-state index is 13.3. The summed E-state index contributed by atoms with van der Waals surface area (Å²) < 4.78 is 0. The number of urea groups is 1. The number of carbonyl (C=O) groups is 1. The number of piperazine rings is 1. The molecule has 0 atom stereocenters. The van der Waals surface area contributed by atoms with Gasteiger partial charge in [-0.2, -0.15) is 0 Å². The molecule has 0 unspecified atom stereocenters. The summed E-state index contributed by atoms with van der Waals surface area (Å²) in [5.41, 5.74) is 4.49. The molecule has 0 aliphatic carbocycles. The first-order valence-corrected chi connectivity index (χ1v) is 8.75. The fraction of sp³-hybridized carbons (Fsp3) is 0.350. The average molecular weight is 321 g/mol. The second-order valence-corrected chi connectivity index (χ2v) is 6.47. The molecule has 2 heterocycles. The van der Waals surface area contributed by atoms with Gasteiger partial charge < -0.3 is 9.80 Å². The van der Waals surface area contributed by atoms with Crippen molar-refractivity contribution in [1.29, 1.82) is 0 Å². The van der Waals surface area contributed by atoms with E-state index in [9.17, 15) is 4.79 Å². The molecule has 4 nitrogen and oxygen atoms in total. The molecule has 0 radical (unpaired) electrons. The van der Waals surface area contributed by atoms with E-state index in [0.717, 1.165) is 50.5 Å². The number of benzene rings is 2. The summed E-state index contributed by atoms with van der Waals surface area (Å²) >= 11 is 0. The van der Waals surface area contributed by atoms with Crippen LogP contribution in [-0.2, 0) is 6.42 Å². The van der Waals surface area contributed by atoms with Gasteiger partial charge in [0.05, 0.1) is 11.4 Å². The predicted molar refractivity (Wildman–Crippen MR) is 96.9 cm³/mol. The molecule has 2 aromatic rings. The van der Waals surface area contributed by atoms with Crippen LogP contribution >= 0.6 is 0 Å². The fourth-order valence-corrected chi connectivity index (χ4v) is 3.69. The molecule has 4 rings (SSSR count). The molecule has 0 aromatic heterocycles. The van der Waals surface area contributed by atoms with Crippen LogP contribution < -0.4 is 4.90 Å². The van der Waals surface area contributed by atoms with Gasteiger partial charge in [-0.15, -0.1) is 0 Å². The minimum Gasteiger partial charge on any atom is -0.321 e. The van der Waals surface area contributed by atoms with Crippen molar-refractivity contribution in [2.75, 3.05) is 37.6 Å². The second-order valence-electron chi connectivity index (χ2n) is 6.47. The van der Waals surface area contributed by atoms with Gasteiger partial charge in [-0.1, -0.05) is 43.3 Å². The largest absolute Gasteiger partial charge is 0.329 e. The number of hydrogen-bond donors (Lipinski definition) is 0. The van der Waals surface area contributed by atoms with Crippen molar-refractivity contribution in [1.82, 2.24) is 9.80 Å². The topological polar surface area (TPSA) is 26.8 Å². The van der Waals surface area contributed by atoms with E-state index >= 15 is 0 Å².